The predicted molar refractivity (Wildman–Crippen MR) is 127 cm³/mol. The van der Waals surface area contributed by atoms with Crippen molar-refractivity contribution in [3.8, 4) is 35.5 Å². The number of pyridine rings is 2. The van der Waals surface area contributed by atoms with Gasteiger partial charge in [-0.1, -0.05) is 11.1 Å². The van der Waals surface area contributed by atoms with Gasteiger partial charge in [-0.2, -0.15) is 10.4 Å². The summed E-state index contributed by atoms with van der Waals surface area (Å²) in [5.41, 5.74) is 3.67. The molecule has 0 amide bonds. The minimum Gasteiger partial charge on any atom is -0.479 e. The molecule has 1 saturated heterocycles. The number of aromatic nitrogens is 6. The smallest absolute Gasteiger partial charge is 0.179 e. The largest absolute Gasteiger partial charge is 0.479 e. The van der Waals surface area contributed by atoms with E-state index in [0.717, 1.165) is 24.7 Å². The molecule has 0 aromatic carbocycles. The maximum atomic E-state index is 13.4. The number of rotatable bonds is 6. The van der Waals surface area contributed by atoms with Crippen molar-refractivity contribution < 1.29 is 14.2 Å². The van der Waals surface area contributed by atoms with Gasteiger partial charge in [0.15, 0.2) is 12.3 Å². The second-order valence-corrected chi connectivity index (χ2v) is 8.57. The Kier molecular flexibility index (Phi) is 6.23. The number of fused-ring (bicyclic) bond motifs is 1. The lowest BCUT2D eigenvalue weighted by atomic mass is 10.0. The first kappa shape index (κ1) is 23.3. The Morgan fingerprint density at radius 2 is 2.11 bits per heavy atom. The second-order valence-electron chi connectivity index (χ2n) is 8.57. The van der Waals surface area contributed by atoms with E-state index in [1.807, 2.05) is 11.6 Å². The van der Waals surface area contributed by atoms with Crippen molar-refractivity contribution in [2.75, 3.05) is 19.7 Å². The zero-order valence-corrected chi connectivity index (χ0v) is 19.5. The van der Waals surface area contributed by atoms with Crippen molar-refractivity contribution in [1.82, 2.24) is 34.5 Å². The molecule has 1 fully saturated rings. The van der Waals surface area contributed by atoms with Gasteiger partial charge in [0.05, 0.1) is 42.0 Å². The number of aliphatic hydroxyl groups excluding tert-OH is 1. The summed E-state index contributed by atoms with van der Waals surface area (Å²) >= 11 is 0. The van der Waals surface area contributed by atoms with Crippen molar-refractivity contribution in [2.45, 2.75) is 31.9 Å². The molecular formula is C25H23FN8O2. The Morgan fingerprint density at radius 3 is 2.78 bits per heavy atom. The van der Waals surface area contributed by atoms with Crippen molar-refractivity contribution in [3.05, 3.63) is 59.6 Å². The van der Waals surface area contributed by atoms with Crippen LogP contribution in [-0.4, -0.2) is 59.3 Å². The number of nitriles is 1. The van der Waals surface area contributed by atoms with Crippen LogP contribution < -0.4 is 4.74 Å². The highest BCUT2D eigenvalue weighted by atomic mass is 19.1. The van der Waals surface area contributed by atoms with E-state index in [9.17, 15) is 9.50 Å². The number of hydrogen-bond acceptors (Lipinski definition) is 8. The average Bonchev–Trinajstić information content (AvgIpc) is 3.51. The van der Waals surface area contributed by atoms with E-state index in [-0.39, 0.29) is 12.6 Å². The van der Waals surface area contributed by atoms with E-state index >= 15 is 0 Å². The molecule has 0 spiro atoms. The third kappa shape index (κ3) is 4.21. The summed E-state index contributed by atoms with van der Waals surface area (Å²) in [4.78, 5) is 5.79. The van der Waals surface area contributed by atoms with Gasteiger partial charge in [-0.3, -0.25) is 4.98 Å². The molecule has 0 aliphatic carbocycles. The summed E-state index contributed by atoms with van der Waals surface area (Å²) in [5, 5.41) is 32.3. The zero-order valence-electron chi connectivity index (χ0n) is 19.5. The highest BCUT2D eigenvalue weighted by Crippen LogP contribution is 2.34. The van der Waals surface area contributed by atoms with Crippen LogP contribution in [0.1, 0.15) is 41.9 Å². The number of nitrogens with zero attached hydrogens (tertiary/aromatic N) is 8. The van der Waals surface area contributed by atoms with Crippen LogP contribution in [0.25, 0.3) is 16.8 Å². The quantitative estimate of drug-likeness (QED) is 0.327. The minimum atomic E-state index is -0.854. The van der Waals surface area contributed by atoms with E-state index in [1.54, 1.807) is 27.9 Å². The Morgan fingerprint density at radius 1 is 1.31 bits per heavy atom. The fraction of sp³-hybridized carbons (Fsp3) is 0.320. The lowest BCUT2D eigenvalue weighted by Crippen LogP contribution is -2.31. The van der Waals surface area contributed by atoms with Crippen LogP contribution in [0.4, 0.5) is 4.39 Å². The molecule has 0 radical (unpaired) electrons. The molecule has 36 heavy (non-hydrogen) atoms. The molecule has 11 heteroatoms. The van der Waals surface area contributed by atoms with Crippen molar-refractivity contribution in [1.29, 1.82) is 5.26 Å². The predicted octanol–water partition coefficient (Wildman–Crippen LogP) is 2.65. The normalized spacial score (nSPS) is 15.0. The van der Waals surface area contributed by atoms with Crippen LogP contribution in [0.15, 0.2) is 36.8 Å². The Bertz CT molecular complexity index is 1470. The zero-order chi connectivity index (χ0) is 25.2. The number of halogens is 1. The van der Waals surface area contributed by atoms with E-state index in [4.69, 9.17) is 16.4 Å². The molecular weight excluding hydrogens is 463 g/mol. The van der Waals surface area contributed by atoms with Gasteiger partial charge in [0.2, 0.25) is 0 Å². The topological polar surface area (TPSA) is 117 Å². The van der Waals surface area contributed by atoms with Gasteiger partial charge in [-0.05, 0) is 38.0 Å². The number of terminal acetylenes is 1. The fourth-order valence-electron chi connectivity index (χ4n) is 4.50. The maximum absolute atomic E-state index is 13.4. The summed E-state index contributed by atoms with van der Waals surface area (Å²) in [6.07, 6.45) is 13.1. The van der Waals surface area contributed by atoms with Crippen LogP contribution in [0.5, 0.6) is 5.75 Å². The van der Waals surface area contributed by atoms with E-state index < -0.39 is 11.9 Å². The fourth-order valence-corrected chi connectivity index (χ4v) is 4.50. The molecule has 1 atom stereocenters. The number of aliphatic hydroxyl groups is 1. The number of ether oxygens (including phenoxy) is 1. The highest BCUT2D eigenvalue weighted by molar-refractivity contribution is 5.75. The lowest BCUT2D eigenvalue weighted by molar-refractivity contribution is 0.114. The molecule has 4 aromatic heterocycles. The third-order valence-electron chi connectivity index (χ3n) is 6.40. The number of piperidine rings is 1. The molecule has 5 rings (SSSR count). The summed E-state index contributed by atoms with van der Waals surface area (Å²) in [5.74, 6) is 2.50. The lowest BCUT2D eigenvalue weighted by Gasteiger charge is -2.28. The van der Waals surface area contributed by atoms with Crippen LogP contribution >= 0.6 is 0 Å². The van der Waals surface area contributed by atoms with Crippen molar-refractivity contribution in [3.63, 3.8) is 0 Å². The number of likely N-dealkylation sites (tertiary alicyclic amines) is 1. The molecule has 5 heterocycles. The van der Waals surface area contributed by atoms with Crippen LogP contribution in [0, 0.1) is 36.5 Å². The van der Waals surface area contributed by atoms with Gasteiger partial charge in [0, 0.05) is 24.8 Å². The molecule has 0 saturated carbocycles. The molecule has 10 nitrogen and oxygen atoms in total. The molecule has 1 aliphatic heterocycles. The average molecular weight is 487 g/mol. The maximum Gasteiger partial charge on any atom is 0.179 e. The van der Waals surface area contributed by atoms with Crippen molar-refractivity contribution >= 4 is 5.52 Å². The van der Waals surface area contributed by atoms with E-state index in [2.05, 4.69) is 32.5 Å². The molecule has 1 N–H and O–H groups in total. The van der Waals surface area contributed by atoms with E-state index in [1.165, 1.54) is 12.1 Å². The Balaban J connectivity index is 1.53. The summed E-state index contributed by atoms with van der Waals surface area (Å²) in [6, 6.07) is 4.65. The SMILES string of the molecule is C#Cc1cnn2cc(-c3nnn(C4CCN(C#N)CC4)c3C)cc(O[C@H](CO)c3ccc(F)cn3)c12. The van der Waals surface area contributed by atoms with Gasteiger partial charge in [-0.25, -0.2) is 13.6 Å². The standard InChI is InChI=1S/C25H23FN8O2/c1-3-17-11-29-33-13-18(24-16(2)34(31-30-24)20-6-8-32(15-27)9-7-20)10-22(25(17)33)36-23(14-35)21-5-4-19(26)12-28-21/h1,4-5,10-13,20,23,35H,6-9,14H2,2H3/t23-/m1/s1. The van der Waals surface area contributed by atoms with Crippen molar-refractivity contribution in [2.24, 2.45) is 0 Å². The minimum absolute atomic E-state index is 0.149. The van der Waals surface area contributed by atoms with E-state index in [0.29, 0.717) is 46.9 Å². The van der Waals surface area contributed by atoms with Gasteiger partial charge in [-0.15, -0.1) is 11.5 Å². The molecule has 4 aromatic rings. The molecule has 0 unspecified atom stereocenters. The van der Waals surface area contributed by atoms with Crippen LogP contribution in [0.2, 0.25) is 0 Å². The highest BCUT2D eigenvalue weighted by Gasteiger charge is 2.25. The Hall–Kier alpha value is -4.48. The van der Waals surface area contributed by atoms with Crippen LogP contribution in [-0.2, 0) is 0 Å². The second kappa shape index (κ2) is 9.64. The number of hydrogen-bond donors (Lipinski definition) is 1. The van der Waals surface area contributed by atoms with Gasteiger partial charge < -0.3 is 14.7 Å². The first-order chi connectivity index (χ1) is 17.5. The monoisotopic (exact) mass is 486 g/mol. The van der Waals surface area contributed by atoms with Gasteiger partial charge in [0.25, 0.3) is 0 Å². The Labute approximate surface area is 206 Å². The summed E-state index contributed by atoms with van der Waals surface area (Å²) in [6.45, 7) is 2.93. The summed E-state index contributed by atoms with van der Waals surface area (Å²) in [7, 11) is 0. The summed E-state index contributed by atoms with van der Waals surface area (Å²) < 4.78 is 23.1. The molecule has 182 valence electrons. The first-order valence-electron chi connectivity index (χ1n) is 11.5. The van der Waals surface area contributed by atoms with Gasteiger partial charge in [0.1, 0.15) is 22.8 Å². The molecule has 1 aliphatic rings. The van der Waals surface area contributed by atoms with Gasteiger partial charge >= 0.3 is 0 Å². The third-order valence-corrected chi connectivity index (χ3v) is 6.40. The first-order valence-corrected chi connectivity index (χ1v) is 11.5. The van der Waals surface area contributed by atoms with Crippen LogP contribution in [0.3, 0.4) is 0 Å². The molecule has 0 bridgehead atoms.